The van der Waals surface area contributed by atoms with Gasteiger partial charge in [0, 0.05) is 74.7 Å². The number of nitrogens with one attached hydrogen (secondary N) is 1. The van der Waals surface area contributed by atoms with E-state index in [1.54, 1.807) is 16.7 Å². The average molecular weight is 913 g/mol. The number of unbranched alkanes of at least 4 members (excludes halogenated alkanes) is 4. The van der Waals surface area contributed by atoms with Crippen molar-refractivity contribution >= 4 is 52.2 Å². The largest absolute Gasteiger partial charge is 0.457 e. The smallest absolute Gasteiger partial charge is 0.255 e. The zero-order valence-corrected chi connectivity index (χ0v) is 38.4. The van der Waals surface area contributed by atoms with E-state index in [1.165, 1.54) is 32.0 Å². The minimum Gasteiger partial charge on any atom is -0.457 e. The summed E-state index contributed by atoms with van der Waals surface area (Å²) in [5.74, 6) is 2.31. The van der Waals surface area contributed by atoms with Crippen LogP contribution in [0.5, 0.6) is 11.5 Å². The number of piperazine rings is 1. The zero-order valence-electron chi connectivity index (χ0n) is 37.6. The molecule has 5 aromatic rings. The number of piperidine rings is 2. The fraction of sp³-hybridized carbons (Fsp3) is 0.460. The molecule has 4 aliphatic heterocycles. The van der Waals surface area contributed by atoms with Gasteiger partial charge in [-0.1, -0.05) is 43.5 Å². The lowest BCUT2D eigenvalue weighted by molar-refractivity contribution is -0.137. The Kier molecular flexibility index (Phi) is 14.6. The Morgan fingerprint density at radius 3 is 2.33 bits per heavy atom. The number of thioether (sulfide) groups is 1. The number of imide groups is 1. The molecule has 9 rings (SSSR count). The van der Waals surface area contributed by atoms with Crippen LogP contribution in [-0.2, 0) is 20.9 Å². The van der Waals surface area contributed by atoms with Crippen LogP contribution >= 0.6 is 11.8 Å². The van der Waals surface area contributed by atoms with E-state index >= 15 is 0 Å². The SMILES string of the molecule is Nc1ncnc2c1c(-c1ccc(Oc3ccccc3)cc1)nn2[C@@H]1CCCN(C(=O)CCCN2CCN(CCCCCCCSc3cccc4c3CN(C3CCC(=O)NC3=O)C4=O)CC2)C1. The number of nitrogen functional groups attached to an aromatic ring is 1. The lowest BCUT2D eigenvalue weighted by Gasteiger charge is -2.35. The Balaban J connectivity index is 0.658. The van der Waals surface area contributed by atoms with Crippen LogP contribution in [0.1, 0.15) is 92.6 Å². The summed E-state index contributed by atoms with van der Waals surface area (Å²) in [7, 11) is 0. The molecule has 3 saturated heterocycles. The summed E-state index contributed by atoms with van der Waals surface area (Å²) in [6.45, 7) is 8.06. The van der Waals surface area contributed by atoms with Crippen molar-refractivity contribution < 1.29 is 23.9 Å². The van der Waals surface area contributed by atoms with Gasteiger partial charge in [0.15, 0.2) is 5.65 Å². The molecule has 6 heterocycles. The summed E-state index contributed by atoms with van der Waals surface area (Å²) in [6.07, 6.45) is 11.3. The summed E-state index contributed by atoms with van der Waals surface area (Å²) in [6, 6.07) is 22.7. The van der Waals surface area contributed by atoms with Crippen LogP contribution in [0.3, 0.4) is 0 Å². The van der Waals surface area contributed by atoms with E-state index in [1.807, 2.05) is 76.3 Å². The molecule has 4 amide bonds. The fourth-order valence-corrected chi connectivity index (χ4v) is 10.9. The molecule has 346 valence electrons. The second-order valence-electron chi connectivity index (χ2n) is 17.9. The molecule has 3 fully saturated rings. The van der Waals surface area contributed by atoms with Crippen molar-refractivity contribution in [2.45, 2.75) is 94.2 Å². The van der Waals surface area contributed by atoms with Gasteiger partial charge in [0.25, 0.3) is 5.91 Å². The average Bonchev–Trinajstić information content (AvgIpc) is 3.90. The Morgan fingerprint density at radius 1 is 0.803 bits per heavy atom. The number of benzene rings is 3. The third-order valence-corrected chi connectivity index (χ3v) is 14.7. The molecule has 2 atom stereocenters. The number of hydrogen-bond donors (Lipinski definition) is 2. The van der Waals surface area contributed by atoms with Crippen molar-refractivity contribution in [3.8, 4) is 22.8 Å². The molecule has 0 aliphatic carbocycles. The molecule has 0 saturated carbocycles. The van der Waals surface area contributed by atoms with Crippen LogP contribution in [0.2, 0.25) is 0 Å². The fourth-order valence-electron chi connectivity index (χ4n) is 9.83. The Morgan fingerprint density at radius 2 is 1.55 bits per heavy atom. The van der Waals surface area contributed by atoms with Crippen LogP contribution in [0.25, 0.3) is 22.3 Å². The van der Waals surface area contributed by atoms with Crippen molar-refractivity contribution in [1.82, 2.24) is 44.7 Å². The van der Waals surface area contributed by atoms with Crippen molar-refractivity contribution in [2.75, 3.05) is 63.8 Å². The number of carbonyl (C=O) groups excluding carboxylic acids is 4. The molecule has 1 unspecified atom stereocenters. The van der Waals surface area contributed by atoms with Crippen LogP contribution < -0.4 is 15.8 Å². The molecule has 3 aromatic carbocycles. The summed E-state index contributed by atoms with van der Waals surface area (Å²) in [4.78, 5) is 69.6. The molecule has 2 aromatic heterocycles. The number of para-hydroxylation sites is 1. The number of rotatable bonds is 18. The van der Waals surface area contributed by atoms with Gasteiger partial charge in [0.1, 0.15) is 35.4 Å². The number of ether oxygens (including phenoxy) is 1. The summed E-state index contributed by atoms with van der Waals surface area (Å²) >= 11 is 1.80. The van der Waals surface area contributed by atoms with Gasteiger partial charge in [0.05, 0.1) is 11.4 Å². The number of nitrogens with two attached hydrogens (primary N) is 1. The number of amides is 4. The van der Waals surface area contributed by atoms with Gasteiger partial charge in [-0.25, -0.2) is 14.6 Å². The van der Waals surface area contributed by atoms with Crippen molar-refractivity contribution in [3.63, 3.8) is 0 Å². The van der Waals surface area contributed by atoms with Crippen LogP contribution in [0.15, 0.2) is 84.0 Å². The first-order valence-corrected chi connectivity index (χ1v) is 24.7. The Hall–Kier alpha value is -5.84. The van der Waals surface area contributed by atoms with Gasteiger partial charge in [-0.15, -0.1) is 11.8 Å². The van der Waals surface area contributed by atoms with Gasteiger partial charge in [-0.3, -0.25) is 24.5 Å². The van der Waals surface area contributed by atoms with Crippen LogP contribution in [0, 0.1) is 0 Å². The van der Waals surface area contributed by atoms with E-state index in [0.717, 1.165) is 116 Å². The van der Waals surface area contributed by atoms with Gasteiger partial charge in [0.2, 0.25) is 17.7 Å². The van der Waals surface area contributed by atoms with Crippen molar-refractivity contribution in [2.24, 2.45) is 0 Å². The molecule has 0 bridgehead atoms. The lowest BCUT2D eigenvalue weighted by atomic mass is 10.0. The summed E-state index contributed by atoms with van der Waals surface area (Å²) in [5.41, 5.74) is 10.4. The van der Waals surface area contributed by atoms with E-state index in [0.29, 0.717) is 43.0 Å². The third kappa shape index (κ3) is 10.6. The zero-order chi connectivity index (χ0) is 45.4. The van der Waals surface area contributed by atoms with Gasteiger partial charge < -0.3 is 30.1 Å². The number of carbonyl (C=O) groups is 4. The van der Waals surface area contributed by atoms with E-state index in [4.69, 9.17) is 15.6 Å². The van der Waals surface area contributed by atoms with E-state index in [-0.39, 0.29) is 36.1 Å². The third-order valence-electron chi connectivity index (χ3n) is 13.5. The molecule has 16 heteroatoms. The number of fused-ring (bicyclic) bond motifs is 2. The number of hydrogen-bond acceptors (Lipinski definition) is 12. The highest BCUT2D eigenvalue weighted by atomic mass is 32.2. The molecule has 0 radical (unpaired) electrons. The van der Waals surface area contributed by atoms with Gasteiger partial charge in [-0.2, -0.15) is 5.10 Å². The standard InChI is InChI=1S/C50H60N10O5S/c51-47-45-46(35-18-20-38(21-19-35)65-37-13-5-4-6-14-37)55-60(48(45)53-34-52-47)36-12-10-26-58(32-36)44(62)17-11-25-57-29-27-56(28-30-57)24-7-2-1-3-8-31-66-42-16-9-15-39-40(42)33-59(50(39)64)41-22-23-43(61)54-49(41)63/h4-6,9,13-16,18-21,34,36,41H,1-3,7-8,10-12,17,22-33H2,(H2,51,52,53)(H,54,61,63)/t36-,41?/m1/s1. The number of likely N-dealkylation sites (tertiary alicyclic amines) is 1. The van der Waals surface area contributed by atoms with Gasteiger partial charge in [-0.05, 0) is 111 Å². The second-order valence-corrected chi connectivity index (χ2v) is 19.0. The van der Waals surface area contributed by atoms with E-state index in [9.17, 15) is 19.2 Å². The molecular weight excluding hydrogens is 853 g/mol. The predicted molar refractivity (Wildman–Crippen MR) is 255 cm³/mol. The highest BCUT2D eigenvalue weighted by Gasteiger charge is 2.40. The molecule has 66 heavy (non-hydrogen) atoms. The summed E-state index contributed by atoms with van der Waals surface area (Å²) in [5, 5.41) is 8.18. The topological polar surface area (TPSA) is 172 Å². The second kappa shape index (κ2) is 21.2. The number of nitrogens with zero attached hydrogens (tertiary/aromatic N) is 8. The Bertz CT molecular complexity index is 2510. The normalized spacial score (nSPS) is 19.4. The van der Waals surface area contributed by atoms with Crippen LogP contribution in [-0.4, -0.2) is 127 Å². The highest BCUT2D eigenvalue weighted by Crippen LogP contribution is 2.37. The quantitative estimate of drug-likeness (QED) is 0.0529. The van der Waals surface area contributed by atoms with E-state index in [2.05, 4.69) is 31.2 Å². The number of anilines is 1. The Labute approximate surface area is 390 Å². The number of aromatic nitrogens is 4. The molecule has 0 spiro atoms. The van der Waals surface area contributed by atoms with Gasteiger partial charge >= 0.3 is 0 Å². The first kappa shape index (κ1) is 45.3. The maximum absolute atomic E-state index is 13.6. The lowest BCUT2D eigenvalue weighted by Crippen LogP contribution is -2.52. The van der Waals surface area contributed by atoms with Crippen molar-refractivity contribution in [1.29, 1.82) is 0 Å². The maximum Gasteiger partial charge on any atom is 0.255 e. The maximum atomic E-state index is 13.6. The molecular formula is C50H60N10O5S. The molecule has 15 nitrogen and oxygen atoms in total. The van der Waals surface area contributed by atoms with Crippen molar-refractivity contribution in [3.05, 3.63) is 90.3 Å². The minimum atomic E-state index is -0.587. The van der Waals surface area contributed by atoms with Crippen LogP contribution in [0.4, 0.5) is 5.82 Å². The van der Waals surface area contributed by atoms with E-state index < -0.39 is 6.04 Å². The summed E-state index contributed by atoms with van der Waals surface area (Å²) < 4.78 is 7.97. The molecule has 3 N–H and O–H groups in total. The minimum absolute atomic E-state index is 0.0150. The monoisotopic (exact) mass is 912 g/mol. The predicted octanol–water partition coefficient (Wildman–Crippen LogP) is 6.93. The first-order chi connectivity index (χ1) is 32.3. The molecule has 4 aliphatic rings. The highest BCUT2D eigenvalue weighted by molar-refractivity contribution is 7.99. The first-order valence-electron chi connectivity index (χ1n) is 23.7.